The van der Waals surface area contributed by atoms with Gasteiger partial charge in [-0.2, -0.15) is 0 Å². The van der Waals surface area contributed by atoms with Crippen LogP contribution in [0.3, 0.4) is 0 Å². The molecule has 3 aromatic heterocycles. The zero-order valence-electron chi connectivity index (χ0n) is 87.3. The van der Waals surface area contributed by atoms with Crippen molar-refractivity contribution in [2.24, 2.45) is 0 Å². The van der Waals surface area contributed by atoms with E-state index in [1.165, 1.54) is 103 Å². The van der Waals surface area contributed by atoms with Gasteiger partial charge in [-0.3, -0.25) is 38.4 Å². The molecule has 0 saturated heterocycles. The summed E-state index contributed by atoms with van der Waals surface area (Å²) in [6, 6.07) is 7.00. The quantitative estimate of drug-likeness (QED) is 0.0302. The zero-order valence-corrected chi connectivity index (χ0v) is 87.3. The van der Waals surface area contributed by atoms with Gasteiger partial charge in [0.25, 0.3) is 0 Å². The lowest BCUT2D eigenvalue weighted by Gasteiger charge is -2.11. The highest BCUT2D eigenvalue weighted by atomic mass is 16.6. The summed E-state index contributed by atoms with van der Waals surface area (Å²) in [6.07, 6.45) is 63.7. The van der Waals surface area contributed by atoms with Crippen LogP contribution in [0.1, 0.15) is 537 Å². The van der Waals surface area contributed by atoms with Crippen molar-refractivity contribution < 1.29 is 76.3 Å². The summed E-state index contributed by atoms with van der Waals surface area (Å²) < 4.78 is 49.7. The Balaban J connectivity index is 1.99. The van der Waals surface area contributed by atoms with Gasteiger partial charge in [0.2, 0.25) is 0 Å². The number of hydrogen-bond donors (Lipinski definition) is 2. The average molecular weight is 1900 g/mol. The molecule has 20 nitrogen and oxygen atoms in total. The van der Waals surface area contributed by atoms with Crippen LogP contribution in [0.5, 0.6) is 0 Å². The summed E-state index contributed by atoms with van der Waals surface area (Å²) >= 11 is 0. The van der Waals surface area contributed by atoms with Crippen LogP contribution in [0.15, 0.2) is 24.3 Å². The number of esters is 8. The second kappa shape index (κ2) is 79.1. The minimum absolute atomic E-state index is 0.162. The van der Waals surface area contributed by atoms with Crippen molar-refractivity contribution in [3.63, 3.8) is 0 Å². The molecule has 2 aliphatic rings. The van der Waals surface area contributed by atoms with Crippen molar-refractivity contribution in [2.45, 2.75) is 518 Å². The Labute approximate surface area is 823 Å². The number of aromatic amines is 2. The molecule has 0 unspecified atom stereocenters. The molecular formula is C116H190N4O16. The lowest BCUT2D eigenvalue weighted by Crippen LogP contribution is -2.13. The highest BCUT2D eigenvalue weighted by molar-refractivity contribution is 6.07. The van der Waals surface area contributed by atoms with Gasteiger partial charge in [0, 0.05) is 22.1 Å². The zero-order chi connectivity index (χ0) is 97.7. The van der Waals surface area contributed by atoms with Gasteiger partial charge in [0.15, 0.2) is 0 Å². The van der Waals surface area contributed by atoms with Crippen LogP contribution in [-0.4, -0.2) is 121 Å². The molecular weight excluding hydrogens is 1710 g/mol. The van der Waals surface area contributed by atoms with E-state index in [0.29, 0.717) is 118 Å². The van der Waals surface area contributed by atoms with Crippen LogP contribution in [0.2, 0.25) is 0 Å². The fourth-order valence-corrected chi connectivity index (χ4v) is 18.4. The van der Waals surface area contributed by atoms with Crippen molar-refractivity contribution in [1.82, 2.24) is 19.9 Å². The minimum Gasteiger partial charge on any atom is -0.465 e. The summed E-state index contributed by atoms with van der Waals surface area (Å²) in [5.41, 5.74) is 5.07. The average Bonchev–Trinajstić information content (AvgIpc) is 1.61. The number of unbranched alkanes of at least 4 members (excludes halogenated alkanes) is 56. The predicted molar refractivity (Wildman–Crippen MR) is 556 cm³/mol. The fourth-order valence-electron chi connectivity index (χ4n) is 18.4. The normalized spacial score (nSPS) is 12.0. The Morgan fingerprint density at radius 1 is 0.176 bits per heavy atom. The molecule has 0 saturated carbocycles. The van der Waals surface area contributed by atoms with E-state index >= 15 is 38.4 Å². The van der Waals surface area contributed by atoms with E-state index in [4.69, 9.17) is 47.9 Å². The third kappa shape index (κ3) is 53.7. The number of rotatable bonds is 88. The lowest BCUT2D eigenvalue weighted by molar-refractivity contribution is -0.144. The van der Waals surface area contributed by atoms with Crippen LogP contribution >= 0.6 is 0 Å². The van der Waals surface area contributed by atoms with Crippen molar-refractivity contribution in [3.8, 4) is 0 Å². The van der Waals surface area contributed by atoms with Gasteiger partial charge < -0.3 is 47.9 Å². The van der Waals surface area contributed by atoms with Crippen LogP contribution in [0.25, 0.3) is 44.4 Å². The van der Waals surface area contributed by atoms with Crippen LogP contribution in [0, 0.1) is 0 Å². The molecule has 2 N–H and O–H groups in total. The number of hydrogen-bond acceptors (Lipinski definition) is 18. The number of ether oxygens (including phenoxy) is 8. The third-order valence-corrected chi connectivity index (χ3v) is 26.8. The first-order valence-electron chi connectivity index (χ1n) is 56.1. The lowest BCUT2D eigenvalue weighted by atomic mass is 9.96. The Hall–Kier alpha value is -7.64. The van der Waals surface area contributed by atoms with Gasteiger partial charge in [-0.05, 0) is 120 Å². The molecule has 20 heteroatoms. The maximum absolute atomic E-state index is 15.1. The Kier molecular flexibility index (Phi) is 69.1. The maximum Gasteiger partial charge on any atom is 0.310 e. The van der Waals surface area contributed by atoms with Gasteiger partial charge in [-0.15, -0.1) is 0 Å². The predicted octanol–water partition coefficient (Wildman–Crippen LogP) is 31.3. The molecule has 0 atom stereocenters. The molecule has 8 bridgehead atoms. The van der Waals surface area contributed by atoms with Crippen LogP contribution < -0.4 is 0 Å². The molecule has 770 valence electrons. The summed E-state index contributed by atoms with van der Waals surface area (Å²) in [7, 11) is 0. The Morgan fingerprint density at radius 2 is 0.309 bits per heavy atom. The van der Waals surface area contributed by atoms with Crippen LogP contribution in [-0.2, 0) is 102 Å². The fraction of sp³-hybridized carbons (Fsp3) is 0.759. The van der Waals surface area contributed by atoms with E-state index in [1.54, 1.807) is 24.3 Å². The number of fused-ring (bicyclic) bond motifs is 8. The molecule has 0 radical (unpaired) electrons. The highest BCUT2D eigenvalue weighted by Gasteiger charge is 2.32. The summed E-state index contributed by atoms with van der Waals surface area (Å²) in [4.78, 5) is 139. The van der Waals surface area contributed by atoms with Crippen molar-refractivity contribution in [1.29, 1.82) is 0 Å². The molecule has 0 spiro atoms. The molecule has 0 aromatic carbocycles. The van der Waals surface area contributed by atoms with E-state index < -0.39 is 47.8 Å². The van der Waals surface area contributed by atoms with E-state index in [-0.39, 0.29) is 127 Å². The second-order valence-electron chi connectivity index (χ2n) is 39.1. The number of H-pyrrole nitrogens is 2. The third-order valence-electron chi connectivity index (χ3n) is 26.8. The molecule has 0 fully saturated rings. The van der Waals surface area contributed by atoms with Gasteiger partial charge in [0.05, 0.1) is 127 Å². The first-order valence-corrected chi connectivity index (χ1v) is 56.1. The highest BCUT2D eigenvalue weighted by Crippen LogP contribution is 2.42. The van der Waals surface area contributed by atoms with Gasteiger partial charge in [-0.1, -0.05) is 415 Å². The van der Waals surface area contributed by atoms with Crippen molar-refractivity contribution >= 4 is 92.1 Å². The molecule has 136 heavy (non-hydrogen) atoms. The maximum atomic E-state index is 15.1. The number of nitrogens with one attached hydrogen (secondary N) is 2. The first-order chi connectivity index (χ1) is 66.6. The second-order valence-corrected chi connectivity index (χ2v) is 39.1. The Bertz CT molecular complexity index is 3770. The number of nitrogens with zero attached hydrogens (tertiary/aromatic N) is 2. The van der Waals surface area contributed by atoms with Crippen molar-refractivity contribution in [3.05, 3.63) is 69.3 Å². The van der Waals surface area contributed by atoms with Gasteiger partial charge in [-0.25, -0.2) is 9.97 Å². The minimum atomic E-state index is -0.561. The molecule has 5 rings (SSSR count). The van der Waals surface area contributed by atoms with E-state index in [9.17, 15) is 0 Å². The summed E-state index contributed by atoms with van der Waals surface area (Å²) in [5, 5.41) is 0. The SMILES string of the molecule is CCCCCCCCCCOC(=O)CC1=C(CC(=O)OCCCCCCCCCC)c2cc3[nH]c(cc4[nH]c(cc5nc(cc1n2)C(CC(=O)OCCCCCCCCCC)=C5CC(=O)OCCCCCCCCCC)c(CC(=O)OCCCCCCCCCC)c4CC(=O)OCCCCCCCCCC)c(CC(=O)OCCCCCCCCCC)c3CC(=O)OCCCCCCCCCC. The summed E-state index contributed by atoms with van der Waals surface area (Å²) in [5.74, 6) is -4.42. The molecule has 5 heterocycles. The first kappa shape index (κ1) is 119. The van der Waals surface area contributed by atoms with Gasteiger partial charge in [0.1, 0.15) is 0 Å². The number of carbonyl (C=O) groups is 8. The molecule has 2 aliphatic heterocycles. The molecule has 0 amide bonds. The van der Waals surface area contributed by atoms with E-state index in [2.05, 4.69) is 65.4 Å². The standard InChI is InChI=1S/C116H190N4O16/c1-9-17-25-33-41-49-57-65-73-129-109(121)81-93-94(82-110(122)130-74-66-58-50-42-34-26-18-10-2)102-90-104-97(85-113(125)133-77-69-61-53-45-37-29-21-13-5)98(86-114(126)134-78-70-62-54-46-38-30-22-14-6)106(119-104)92-108-100(88-116(128)136-80-72-64-56-48-40-32-24-16-8)99(87-115(127)135-79-71-63-55-47-39-31-23-15-7)107(120-108)91-105-96(84-112(124)132-76-68-60-52-44-36-28-20-12-4)95(103(118-105)89-101(93)117-102)83-111(123)131-75-67-59-51-43-35-27-19-11-3/h89-92,117-118H,9-88H2,1-8H3. The topological polar surface area (TPSA) is 268 Å². The smallest absolute Gasteiger partial charge is 0.310 e. The largest absolute Gasteiger partial charge is 0.465 e. The molecule has 0 aliphatic carbocycles. The molecule has 3 aromatic rings. The summed E-state index contributed by atoms with van der Waals surface area (Å²) in [6.45, 7) is 19.0. The van der Waals surface area contributed by atoms with Gasteiger partial charge >= 0.3 is 47.8 Å². The van der Waals surface area contributed by atoms with E-state index in [1.807, 2.05) is 0 Å². The van der Waals surface area contributed by atoms with Crippen molar-refractivity contribution in [2.75, 3.05) is 52.9 Å². The Morgan fingerprint density at radius 3 is 0.471 bits per heavy atom. The monoisotopic (exact) mass is 1900 g/mol. The number of carbonyl (C=O) groups excluding carboxylic acids is 8. The number of aromatic nitrogens is 4. The van der Waals surface area contributed by atoms with E-state index in [0.717, 1.165) is 257 Å². The van der Waals surface area contributed by atoms with Crippen LogP contribution in [0.4, 0.5) is 0 Å².